The van der Waals surface area contributed by atoms with Gasteiger partial charge in [-0.05, 0) is 56.3 Å². The highest BCUT2D eigenvalue weighted by Crippen LogP contribution is 2.29. The molecule has 0 saturated carbocycles. The van der Waals surface area contributed by atoms with Crippen LogP contribution in [0.15, 0.2) is 65.6 Å². The van der Waals surface area contributed by atoms with Crippen molar-refractivity contribution >= 4 is 27.3 Å². The average molecular weight is 486 g/mol. The van der Waals surface area contributed by atoms with Crippen molar-refractivity contribution in [2.75, 3.05) is 11.8 Å². The molecule has 34 heavy (non-hydrogen) atoms. The number of benzene rings is 3. The van der Waals surface area contributed by atoms with Crippen molar-refractivity contribution < 1.29 is 28.0 Å². The summed E-state index contributed by atoms with van der Waals surface area (Å²) < 4.78 is 32.8. The normalized spacial score (nSPS) is 12.0. The van der Waals surface area contributed by atoms with Crippen molar-refractivity contribution in [1.82, 2.24) is 5.32 Å². The minimum Gasteiger partial charge on any atom is -0.502 e. The quantitative estimate of drug-likeness (QED) is 0.324. The number of hydrogen-bond acceptors (Lipinski definition) is 7. The molecule has 1 atom stereocenters. The molecule has 1 amide bonds. The van der Waals surface area contributed by atoms with Gasteiger partial charge in [0.2, 0.25) is 0 Å². The number of methoxy groups -OCH3 is 1. The molecule has 0 aliphatic carbocycles. The van der Waals surface area contributed by atoms with Gasteiger partial charge in [-0.25, -0.2) is 8.42 Å². The molecule has 3 aromatic rings. The number of nitrogens with zero attached hydrogens (tertiary/aromatic N) is 1. The van der Waals surface area contributed by atoms with Gasteiger partial charge in [0.25, 0.3) is 15.9 Å². The summed E-state index contributed by atoms with van der Waals surface area (Å²) in [5, 5.41) is 23.4. The Kier molecular flexibility index (Phi) is 7.06. The number of carbonyl (C=O) groups excluding carboxylic acids is 1. The molecule has 3 N–H and O–H groups in total. The Morgan fingerprint density at radius 1 is 1.09 bits per heavy atom. The van der Waals surface area contributed by atoms with E-state index in [4.69, 9.17) is 4.74 Å². The van der Waals surface area contributed by atoms with Crippen molar-refractivity contribution in [3.8, 4) is 11.5 Å². The first-order valence-corrected chi connectivity index (χ1v) is 11.6. The smallest absolute Gasteiger partial charge is 0.312 e. The van der Waals surface area contributed by atoms with Crippen LogP contribution < -0.4 is 14.8 Å². The standard InChI is InChI=1S/C23H23N3O7S/c1-14-4-11-22(33-3)19(12-14)15(2)24-23(28)16-5-7-17(8-6-16)25-34(31,32)18-9-10-21(27)20(13-18)26(29)30/h4-13,15,25,27H,1-3H3,(H,24,28). The Hall–Kier alpha value is -4.12. The van der Waals surface area contributed by atoms with Crippen LogP contribution >= 0.6 is 0 Å². The van der Waals surface area contributed by atoms with Gasteiger partial charge in [0.15, 0.2) is 5.75 Å². The van der Waals surface area contributed by atoms with Crippen LogP contribution in [0.3, 0.4) is 0 Å². The molecule has 0 saturated heterocycles. The second kappa shape index (κ2) is 9.79. The Morgan fingerprint density at radius 2 is 1.76 bits per heavy atom. The third-order valence-electron chi connectivity index (χ3n) is 5.05. The van der Waals surface area contributed by atoms with E-state index >= 15 is 0 Å². The van der Waals surface area contributed by atoms with Crippen LogP contribution in [-0.2, 0) is 10.0 Å². The zero-order chi connectivity index (χ0) is 25.0. The van der Waals surface area contributed by atoms with E-state index < -0.39 is 26.4 Å². The number of phenols is 1. The minimum absolute atomic E-state index is 0.153. The maximum absolute atomic E-state index is 12.7. The number of carbonyl (C=O) groups is 1. The molecule has 0 aliphatic rings. The molecule has 0 aromatic heterocycles. The second-order valence-corrected chi connectivity index (χ2v) is 9.21. The summed E-state index contributed by atoms with van der Waals surface area (Å²) in [6.07, 6.45) is 0. The molecular formula is C23H23N3O7S. The van der Waals surface area contributed by atoms with E-state index in [1.807, 2.05) is 32.0 Å². The predicted octanol–water partition coefficient (Wildman–Crippen LogP) is 3.91. The van der Waals surface area contributed by atoms with E-state index in [1.54, 1.807) is 7.11 Å². The monoisotopic (exact) mass is 485 g/mol. The first kappa shape index (κ1) is 24.5. The summed E-state index contributed by atoms with van der Waals surface area (Å²) in [6, 6.07) is 13.8. The number of nitrogens with one attached hydrogen (secondary N) is 2. The summed E-state index contributed by atoms with van der Waals surface area (Å²) in [7, 11) is -2.61. The van der Waals surface area contributed by atoms with Crippen LogP contribution in [0.25, 0.3) is 0 Å². The maximum Gasteiger partial charge on any atom is 0.312 e. The zero-order valence-electron chi connectivity index (χ0n) is 18.6. The van der Waals surface area contributed by atoms with Crippen molar-refractivity contribution in [1.29, 1.82) is 0 Å². The summed E-state index contributed by atoms with van der Waals surface area (Å²) in [5.41, 5.74) is 1.58. The molecule has 3 rings (SSSR count). The third kappa shape index (κ3) is 5.44. The van der Waals surface area contributed by atoms with E-state index in [2.05, 4.69) is 10.0 Å². The molecule has 0 fully saturated rings. The van der Waals surface area contributed by atoms with Crippen LogP contribution in [0.5, 0.6) is 11.5 Å². The van der Waals surface area contributed by atoms with E-state index in [-0.39, 0.29) is 22.5 Å². The number of rotatable bonds is 8. The third-order valence-corrected chi connectivity index (χ3v) is 6.43. The lowest BCUT2D eigenvalue weighted by atomic mass is 10.0. The van der Waals surface area contributed by atoms with Crippen LogP contribution in [0, 0.1) is 17.0 Å². The number of aromatic hydroxyl groups is 1. The van der Waals surface area contributed by atoms with Gasteiger partial charge in [-0.3, -0.25) is 19.6 Å². The molecule has 0 aliphatic heterocycles. The average Bonchev–Trinajstić information content (AvgIpc) is 2.79. The molecule has 0 spiro atoms. The summed E-state index contributed by atoms with van der Waals surface area (Å²) in [6.45, 7) is 3.77. The highest BCUT2D eigenvalue weighted by atomic mass is 32.2. The number of ether oxygens (including phenoxy) is 1. The van der Waals surface area contributed by atoms with Crippen LogP contribution in [0.4, 0.5) is 11.4 Å². The van der Waals surface area contributed by atoms with Crippen molar-refractivity contribution in [3.05, 3.63) is 87.5 Å². The first-order chi connectivity index (χ1) is 16.0. The molecule has 0 heterocycles. The van der Waals surface area contributed by atoms with E-state index in [0.29, 0.717) is 11.3 Å². The van der Waals surface area contributed by atoms with Crippen LogP contribution in [-0.4, -0.2) is 31.5 Å². The van der Waals surface area contributed by atoms with Crippen LogP contribution in [0.2, 0.25) is 0 Å². The lowest BCUT2D eigenvalue weighted by molar-refractivity contribution is -0.386. The fraction of sp³-hybridized carbons (Fsp3) is 0.174. The fourth-order valence-electron chi connectivity index (χ4n) is 3.27. The Labute approximate surface area is 196 Å². The van der Waals surface area contributed by atoms with Gasteiger partial charge >= 0.3 is 5.69 Å². The highest BCUT2D eigenvalue weighted by molar-refractivity contribution is 7.92. The molecule has 178 valence electrons. The maximum atomic E-state index is 12.7. The molecule has 0 bridgehead atoms. The molecule has 11 heteroatoms. The molecule has 3 aromatic carbocycles. The van der Waals surface area contributed by atoms with Crippen molar-refractivity contribution in [2.24, 2.45) is 0 Å². The van der Waals surface area contributed by atoms with E-state index in [9.17, 15) is 28.4 Å². The number of anilines is 1. The number of hydrogen-bond donors (Lipinski definition) is 3. The number of aryl methyl sites for hydroxylation is 1. The molecule has 1 unspecified atom stereocenters. The molecule has 0 radical (unpaired) electrons. The summed E-state index contributed by atoms with van der Waals surface area (Å²) >= 11 is 0. The minimum atomic E-state index is -4.17. The van der Waals surface area contributed by atoms with Gasteiger partial charge in [0, 0.05) is 22.9 Å². The number of amides is 1. The number of phenolic OH excluding ortho intramolecular Hbond substituents is 1. The number of sulfonamides is 1. The topological polar surface area (TPSA) is 148 Å². The van der Waals surface area contributed by atoms with Gasteiger partial charge in [0.1, 0.15) is 5.75 Å². The SMILES string of the molecule is COc1ccc(C)cc1C(C)NC(=O)c1ccc(NS(=O)(=O)c2ccc(O)c([N+](=O)[O-])c2)cc1. The Bertz CT molecular complexity index is 1340. The second-order valence-electron chi connectivity index (χ2n) is 7.53. The van der Waals surface area contributed by atoms with Gasteiger partial charge in [-0.2, -0.15) is 0 Å². The van der Waals surface area contributed by atoms with E-state index in [1.165, 1.54) is 24.3 Å². The predicted molar refractivity (Wildman–Crippen MR) is 126 cm³/mol. The first-order valence-electron chi connectivity index (χ1n) is 10.1. The highest BCUT2D eigenvalue weighted by Gasteiger charge is 2.22. The number of nitro benzene ring substituents is 1. The van der Waals surface area contributed by atoms with Gasteiger partial charge in [-0.1, -0.05) is 17.7 Å². The Balaban J connectivity index is 1.74. The zero-order valence-corrected chi connectivity index (χ0v) is 19.4. The van der Waals surface area contributed by atoms with Crippen molar-refractivity contribution in [3.63, 3.8) is 0 Å². The van der Waals surface area contributed by atoms with Crippen LogP contribution in [0.1, 0.15) is 34.5 Å². The van der Waals surface area contributed by atoms with Gasteiger partial charge < -0.3 is 15.2 Å². The summed E-state index contributed by atoms with van der Waals surface area (Å²) in [5.74, 6) is -0.353. The molecular weight excluding hydrogens is 462 g/mol. The fourth-order valence-corrected chi connectivity index (χ4v) is 4.35. The molecule has 10 nitrogen and oxygen atoms in total. The largest absolute Gasteiger partial charge is 0.502 e. The van der Waals surface area contributed by atoms with E-state index in [0.717, 1.165) is 29.3 Å². The number of nitro groups is 1. The lowest BCUT2D eigenvalue weighted by Gasteiger charge is -2.18. The van der Waals surface area contributed by atoms with Crippen molar-refractivity contribution in [2.45, 2.75) is 24.8 Å². The van der Waals surface area contributed by atoms with Gasteiger partial charge in [-0.15, -0.1) is 0 Å². The summed E-state index contributed by atoms with van der Waals surface area (Å²) in [4.78, 5) is 22.4. The van der Waals surface area contributed by atoms with Gasteiger partial charge in [0.05, 0.1) is 23.0 Å². The lowest BCUT2D eigenvalue weighted by Crippen LogP contribution is -2.27. The Morgan fingerprint density at radius 3 is 2.38 bits per heavy atom.